The summed E-state index contributed by atoms with van der Waals surface area (Å²) in [5.74, 6) is -0.271. The summed E-state index contributed by atoms with van der Waals surface area (Å²) in [6, 6.07) is 6.12. The number of carbonyl (C=O) groups excluding carboxylic acids is 1. The zero-order valence-corrected chi connectivity index (χ0v) is 10.8. The van der Waals surface area contributed by atoms with Gasteiger partial charge in [0.15, 0.2) is 12.3 Å². The highest BCUT2D eigenvalue weighted by Gasteiger charge is 2.53. The molecule has 1 aromatic carbocycles. The Labute approximate surface area is 115 Å². The van der Waals surface area contributed by atoms with Crippen molar-refractivity contribution in [2.24, 2.45) is 0 Å². The zero-order valence-electron chi connectivity index (χ0n) is 10.8. The third kappa shape index (κ3) is 1.89. The Morgan fingerprint density at radius 3 is 2.70 bits per heavy atom. The van der Waals surface area contributed by atoms with Crippen molar-refractivity contribution in [2.75, 3.05) is 7.11 Å². The van der Waals surface area contributed by atoms with Crippen molar-refractivity contribution in [1.29, 1.82) is 0 Å². The van der Waals surface area contributed by atoms with Crippen LogP contribution in [0, 0.1) is 0 Å². The molecule has 0 aromatic heterocycles. The number of ether oxygens (including phenoxy) is 2. The minimum atomic E-state index is -1.08. The molecule has 6 nitrogen and oxygen atoms in total. The highest BCUT2D eigenvalue weighted by atomic mass is 16.5. The van der Waals surface area contributed by atoms with Crippen molar-refractivity contribution in [3.63, 3.8) is 0 Å². The van der Waals surface area contributed by atoms with E-state index in [1.165, 1.54) is 4.90 Å². The summed E-state index contributed by atoms with van der Waals surface area (Å²) in [6.07, 6.45) is 1.45. The van der Waals surface area contributed by atoms with Crippen molar-refractivity contribution >= 4 is 18.0 Å². The molecule has 0 saturated carbocycles. The number of rotatable bonds is 3. The van der Waals surface area contributed by atoms with Crippen molar-refractivity contribution in [2.45, 2.75) is 18.7 Å². The number of hydrogen-bond donors (Lipinski definition) is 1. The molecule has 2 aliphatic heterocycles. The van der Waals surface area contributed by atoms with Crippen molar-refractivity contribution < 1.29 is 24.2 Å². The monoisotopic (exact) mass is 275 g/mol. The van der Waals surface area contributed by atoms with Gasteiger partial charge in [0.25, 0.3) is 0 Å². The fourth-order valence-corrected chi connectivity index (χ4v) is 2.39. The Morgan fingerprint density at radius 2 is 2.15 bits per heavy atom. The van der Waals surface area contributed by atoms with Crippen LogP contribution in [0.3, 0.4) is 0 Å². The Bertz CT molecular complexity index is 592. The molecule has 2 atom stereocenters. The molecule has 0 spiro atoms. The number of hydrogen-bond acceptors (Lipinski definition) is 4. The summed E-state index contributed by atoms with van der Waals surface area (Å²) >= 11 is 0. The van der Waals surface area contributed by atoms with Gasteiger partial charge in [-0.3, -0.25) is 9.69 Å². The lowest BCUT2D eigenvalue weighted by atomic mass is 10.1. The van der Waals surface area contributed by atoms with E-state index < -0.39 is 18.2 Å². The SMILES string of the molecule is COc1ccc(C=C2OC3CC(=O)N3C2C(=O)O)cc1. The standard InChI is InChI=1S/C14H13NO5/c1-19-9-4-2-8(3-5-9)6-10-13(14(17)18)15-11(16)7-12(15)20-10/h2-6,12-13H,7H2,1H3,(H,17,18). The number of amides is 1. The number of aliphatic carboxylic acids is 1. The molecule has 6 heteroatoms. The Kier molecular flexibility index (Phi) is 2.85. The maximum Gasteiger partial charge on any atom is 0.334 e. The van der Waals surface area contributed by atoms with Gasteiger partial charge in [0.05, 0.1) is 13.5 Å². The van der Waals surface area contributed by atoms with Crippen LogP contribution in [0.2, 0.25) is 0 Å². The molecule has 20 heavy (non-hydrogen) atoms. The van der Waals surface area contributed by atoms with E-state index >= 15 is 0 Å². The molecular weight excluding hydrogens is 262 g/mol. The molecule has 1 N–H and O–H groups in total. The number of methoxy groups -OCH3 is 1. The topological polar surface area (TPSA) is 76.1 Å². The fraction of sp³-hybridized carbons (Fsp3) is 0.286. The molecule has 2 unspecified atom stereocenters. The van der Waals surface area contributed by atoms with E-state index in [2.05, 4.69) is 0 Å². The maximum absolute atomic E-state index is 11.4. The molecule has 104 valence electrons. The van der Waals surface area contributed by atoms with E-state index in [-0.39, 0.29) is 12.3 Å². The van der Waals surface area contributed by atoms with Crippen LogP contribution in [0.25, 0.3) is 6.08 Å². The number of nitrogens with zero attached hydrogens (tertiary/aromatic N) is 1. The van der Waals surface area contributed by atoms with Gasteiger partial charge in [-0.2, -0.15) is 0 Å². The van der Waals surface area contributed by atoms with E-state index in [4.69, 9.17) is 9.47 Å². The normalized spacial score (nSPS) is 25.9. The van der Waals surface area contributed by atoms with Gasteiger partial charge in [0.2, 0.25) is 5.91 Å². The lowest BCUT2D eigenvalue weighted by Crippen LogP contribution is -2.54. The van der Waals surface area contributed by atoms with Crippen LogP contribution < -0.4 is 4.74 Å². The first-order chi connectivity index (χ1) is 9.60. The van der Waals surface area contributed by atoms with Gasteiger partial charge >= 0.3 is 5.97 Å². The van der Waals surface area contributed by atoms with E-state index in [0.717, 1.165) is 5.56 Å². The van der Waals surface area contributed by atoms with Crippen molar-refractivity contribution in [1.82, 2.24) is 4.90 Å². The summed E-state index contributed by atoms with van der Waals surface area (Å²) in [4.78, 5) is 24.0. The molecule has 0 radical (unpaired) electrons. The predicted octanol–water partition coefficient (Wildman–Crippen LogP) is 1.08. The molecular formula is C14H13NO5. The van der Waals surface area contributed by atoms with Crippen LogP contribution in [-0.4, -0.2) is 41.3 Å². The zero-order chi connectivity index (χ0) is 14.3. The molecule has 0 bridgehead atoms. The van der Waals surface area contributed by atoms with E-state index in [1.54, 1.807) is 37.5 Å². The van der Waals surface area contributed by atoms with Crippen molar-refractivity contribution in [3.8, 4) is 5.75 Å². The highest BCUT2D eigenvalue weighted by molar-refractivity contribution is 5.92. The Balaban J connectivity index is 1.89. The van der Waals surface area contributed by atoms with Crippen LogP contribution in [0.5, 0.6) is 5.75 Å². The smallest absolute Gasteiger partial charge is 0.334 e. The van der Waals surface area contributed by atoms with Gasteiger partial charge in [-0.05, 0) is 23.8 Å². The Morgan fingerprint density at radius 1 is 1.45 bits per heavy atom. The van der Waals surface area contributed by atoms with E-state index in [9.17, 15) is 14.7 Å². The number of benzene rings is 1. The van der Waals surface area contributed by atoms with Gasteiger partial charge < -0.3 is 14.6 Å². The average molecular weight is 275 g/mol. The van der Waals surface area contributed by atoms with E-state index in [0.29, 0.717) is 11.5 Å². The second-order valence-corrected chi connectivity index (χ2v) is 4.64. The van der Waals surface area contributed by atoms with Gasteiger partial charge in [0, 0.05) is 0 Å². The van der Waals surface area contributed by atoms with Crippen LogP contribution in [0.4, 0.5) is 0 Å². The molecule has 0 aliphatic carbocycles. The predicted molar refractivity (Wildman–Crippen MR) is 68.7 cm³/mol. The molecule has 3 rings (SSSR count). The second-order valence-electron chi connectivity index (χ2n) is 4.64. The van der Waals surface area contributed by atoms with Gasteiger partial charge in [-0.25, -0.2) is 4.79 Å². The largest absolute Gasteiger partial charge is 0.497 e. The van der Waals surface area contributed by atoms with Crippen LogP contribution in [-0.2, 0) is 14.3 Å². The summed E-state index contributed by atoms with van der Waals surface area (Å²) in [6.45, 7) is 0. The lowest BCUT2D eigenvalue weighted by Gasteiger charge is -2.33. The third-order valence-corrected chi connectivity index (χ3v) is 3.43. The molecule has 2 heterocycles. The lowest BCUT2D eigenvalue weighted by molar-refractivity contribution is -0.163. The molecule has 2 saturated heterocycles. The minimum absolute atomic E-state index is 0.194. The second kappa shape index (κ2) is 4.56. The van der Waals surface area contributed by atoms with Gasteiger partial charge in [-0.15, -0.1) is 0 Å². The first kappa shape index (κ1) is 12.5. The summed E-state index contributed by atoms with van der Waals surface area (Å²) < 4.78 is 10.6. The van der Waals surface area contributed by atoms with Crippen LogP contribution >= 0.6 is 0 Å². The maximum atomic E-state index is 11.4. The van der Waals surface area contributed by atoms with E-state index in [1.807, 2.05) is 0 Å². The minimum Gasteiger partial charge on any atom is -0.497 e. The number of fused-ring (bicyclic) bond motifs is 1. The molecule has 1 amide bonds. The number of β-lactam (4-membered cyclic amide) rings is 1. The first-order valence-electron chi connectivity index (χ1n) is 6.16. The van der Waals surface area contributed by atoms with Crippen LogP contribution in [0.1, 0.15) is 12.0 Å². The van der Waals surface area contributed by atoms with Crippen LogP contribution in [0.15, 0.2) is 30.0 Å². The fourth-order valence-electron chi connectivity index (χ4n) is 2.39. The third-order valence-electron chi connectivity index (χ3n) is 3.43. The number of carboxylic acid groups (broad SMARTS) is 1. The molecule has 2 aliphatic rings. The average Bonchev–Trinajstić information content (AvgIpc) is 2.72. The molecule has 2 fully saturated rings. The Hall–Kier alpha value is -2.50. The molecule has 1 aromatic rings. The quantitative estimate of drug-likeness (QED) is 0.835. The summed E-state index contributed by atoms with van der Waals surface area (Å²) in [7, 11) is 1.57. The van der Waals surface area contributed by atoms with Gasteiger partial charge in [0.1, 0.15) is 11.5 Å². The first-order valence-corrected chi connectivity index (χ1v) is 6.16. The highest BCUT2D eigenvalue weighted by Crippen LogP contribution is 2.37. The number of carboxylic acids is 1. The summed E-state index contributed by atoms with van der Waals surface area (Å²) in [5, 5.41) is 9.25. The number of carbonyl (C=O) groups is 2. The summed E-state index contributed by atoms with van der Waals surface area (Å²) in [5.41, 5.74) is 0.794. The van der Waals surface area contributed by atoms with Crippen molar-refractivity contribution in [3.05, 3.63) is 35.6 Å². The van der Waals surface area contributed by atoms with Gasteiger partial charge in [-0.1, -0.05) is 12.1 Å².